The van der Waals surface area contributed by atoms with Crippen molar-refractivity contribution >= 4 is 41.5 Å². The third kappa shape index (κ3) is 7.82. The number of carbonyl (C=O) groups is 1. The number of nitrogens with one attached hydrogen (secondary N) is 3. The number of rotatable bonds is 9. The first-order valence-electron chi connectivity index (χ1n) is 9.66. The summed E-state index contributed by atoms with van der Waals surface area (Å²) in [5, 5.41) is 9.06. The normalized spacial score (nSPS) is 10.5. The minimum absolute atomic E-state index is 0. The molecular formula is C22H31IN4O4. The highest BCUT2D eigenvalue weighted by molar-refractivity contribution is 14.0. The smallest absolute Gasteiger partial charge is 0.243 e. The number of ether oxygens (including phenoxy) is 3. The molecule has 1 amide bonds. The van der Waals surface area contributed by atoms with Gasteiger partial charge in [0.1, 0.15) is 0 Å². The number of nitrogens with zero attached hydrogens (tertiary/aromatic N) is 1. The number of aryl methyl sites for hydroxylation is 1. The van der Waals surface area contributed by atoms with E-state index in [-0.39, 0.29) is 36.4 Å². The molecule has 0 spiro atoms. The third-order valence-electron chi connectivity index (χ3n) is 4.44. The Kier molecular flexibility index (Phi) is 11.5. The maximum atomic E-state index is 12.2. The van der Waals surface area contributed by atoms with E-state index in [9.17, 15) is 4.79 Å². The third-order valence-corrected chi connectivity index (χ3v) is 4.44. The van der Waals surface area contributed by atoms with Gasteiger partial charge in [-0.3, -0.25) is 9.79 Å². The van der Waals surface area contributed by atoms with Crippen LogP contribution in [0.2, 0.25) is 0 Å². The van der Waals surface area contributed by atoms with Gasteiger partial charge in [0.15, 0.2) is 17.5 Å². The van der Waals surface area contributed by atoms with Crippen LogP contribution >= 0.6 is 24.0 Å². The molecule has 2 aromatic carbocycles. The van der Waals surface area contributed by atoms with Crippen LogP contribution in [0.25, 0.3) is 0 Å². The van der Waals surface area contributed by atoms with Crippen molar-refractivity contribution < 1.29 is 19.0 Å². The molecule has 0 saturated carbocycles. The second kappa shape index (κ2) is 13.6. The van der Waals surface area contributed by atoms with Gasteiger partial charge in [-0.15, -0.1) is 24.0 Å². The number of hydrogen-bond donors (Lipinski definition) is 3. The van der Waals surface area contributed by atoms with Crippen LogP contribution in [-0.2, 0) is 17.8 Å². The van der Waals surface area contributed by atoms with Crippen LogP contribution in [0.3, 0.4) is 0 Å². The fourth-order valence-corrected chi connectivity index (χ4v) is 2.88. The lowest BCUT2D eigenvalue weighted by atomic mass is 10.1. The number of carbonyl (C=O) groups excluding carboxylic acids is 1. The van der Waals surface area contributed by atoms with Gasteiger partial charge in [0.05, 0.1) is 27.9 Å². The molecule has 0 heterocycles. The number of amides is 1. The Morgan fingerprint density at radius 1 is 0.968 bits per heavy atom. The van der Waals surface area contributed by atoms with Crippen LogP contribution in [0, 0.1) is 0 Å². The fourth-order valence-electron chi connectivity index (χ4n) is 2.88. The summed E-state index contributed by atoms with van der Waals surface area (Å²) < 4.78 is 16.1. The molecule has 0 aliphatic carbocycles. The second-order valence-electron chi connectivity index (χ2n) is 6.42. The zero-order chi connectivity index (χ0) is 21.9. The molecule has 0 unspecified atom stereocenters. The zero-order valence-electron chi connectivity index (χ0n) is 18.6. The highest BCUT2D eigenvalue weighted by Gasteiger charge is 2.13. The van der Waals surface area contributed by atoms with Crippen molar-refractivity contribution in [3.8, 4) is 17.2 Å². The number of hydrogen-bond acceptors (Lipinski definition) is 5. The maximum absolute atomic E-state index is 12.2. The standard InChI is InChI=1S/C22H30N4O4.HI/c1-6-15-8-7-9-17(10-15)26-20(27)14-25-22(23-2)24-13-16-11-18(28-3)21(30-5)19(12-16)29-4;/h7-12H,6,13-14H2,1-5H3,(H,26,27)(H2,23,24,25);1H. The summed E-state index contributed by atoms with van der Waals surface area (Å²) in [7, 11) is 6.36. The van der Waals surface area contributed by atoms with E-state index in [1.54, 1.807) is 28.4 Å². The van der Waals surface area contributed by atoms with Gasteiger partial charge in [0.2, 0.25) is 11.7 Å². The summed E-state index contributed by atoms with van der Waals surface area (Å²) >= 11 is 0. The SMILES string of the molecule is CCc1cccc(NC(=O)CNC(=NC)NCc2cc(OC)c(OC)c(OC)c2)c1.I. The van der Waals surface area contributed by atoms with Crippen LogP contribution in [0.15, 0.2) is 41.4 Å². The molecule has 0 fully saturated rings. The van der Waals surface area contributed by atoms with Gasteiger partial charge >= 0.3 is 0 Å². The van der Waals surface area contributed by atoms with Gasteiger partial charge in [-0.2, -0.15) is 0 Å². The summed E-state index contributed by atoms with van der Waals surface area (Å²) in [6.45, 7) is 2.62. The monoisotopic (exact) mass is 542 g/mol. The Hall–Kier alpha value is -2.69. The molecule has 9 heteroatoms. The second-order valence-corrected chi connectivity index (χ2v) is 6.42. The first-order chi connectivity index (χ1) is 14.5. The quantitative estimate of drug-likeness (QED) is 0.256. The summed E-state index contributed by atoms with van der Waals surface area (Å²) in [6.07, 6.45) is 0.916. The van der Waals surface area contributed by atoms with Crippen molar-refractivity contribution in [1.82, 2.24) is 10.6 Å². The Morgan fingerprint density at radius 2 is 1.65 bits per heavy atom. The lowest BCUT2D eigenvalue weighted by Crippen LogP contribution is -2.41. The van der Waals surface area contributed by atoms with Gasteiger partial charge in [-0.1, -0.05) is 19.1 Å². The maximum Gasteiger partial charge on any atom is 0.243 e. The summed E-state index contributed by atoms with van der Waals surface area (Å²) in [5.74, 6) is 2.03. The van der Waals surface area contributed by atoms with E-state index in [0.717, 1.165) is 17.7 Å². The highest BCUT2D eigenvalue weighted by atomic mass is 127. The van der Waals surface area contributed by atoms with Gasteiger partial charge in [0.25, 0.3) is 0 Å². The van der Waals surface area contributed by atoms with E-state index in [2.05, 4.69) is 27.9 Å². The Morgan fingerprint density at radius 3 is 2.19 bits per heavy atom. The van der Waals surface area contributed by atoms with E-state index in [1.807, 2.05) is 36.4 Å². The average Bonchev–Trinajstić information content (AvgIpc) is 2.78. The molecule has 0 aliphatic rings. The van der Waals surface area contributed by atoms with Gasteiger partial charge in [-0.05, 0) is 41.8 Å². The van der Waals surface area contributed by atoms with Crippen molar-refractivity contribution in [2.75, 3.05) is 40.2 Å². The van der Waals surface area contributed by atoms with Crippen LogP contribution in [0.4, 0.5) is 5.69 Å². The molecule has 2 rings (SSSR count). The van der Waals surface area contributed by atoms with E-state index in [4.69, 9.17) is 14.2 Å². The molecule has 0 bridgehead atoms. The molecule has 8 nitrogen and oxygen atoms in total. The van der Waals surface area contributed by atoms with Crippen LogP contribution in [-0.4, -0.2) is 46.8 Å². The minimum Gasteiger partial charge on any atom is -0.493 e. The van der Waals surface area contributed by atoms with Gasteiger partial charge in [0, 0.05) is 19.3 Å². The van der Waals surface area contributed by atoms with Crippen LogP contribution < -0.4 is 30.2 Å². The average molecular weight is 542 g/mol. The minimum atomic E-state index is -0.154. The Labute approximate surface area is 200 Å². The highest BCUT2D eigenvalue weighted by Crippen LogP contribution is 2.38. The topological polar surface area (TPSA) is 93.2 Å². The number of benzene rings is 2. The van der Waals surface area contributed by atoms with E-state index in [0.29, 0.717) is 29.8 Å². The van der Waals surface area contributed by atoms with E-state index < -0.39 is 0 Å². The summed E-state index contributed by atoms with van der Waals surface area (Å²) in [6, 6.07) is 11.5. The summed E-state index contributed by atoms with van der Waals surface area (Å²) in [5.41, 5.74) is 2.86. The number of aliphatic imine (C=N–C) groups is 1. The Bertz CT molecular complexity index is 865. The molecule has 2 aromatic rings. The van der Waals surface area contributed by atoms with Crippen molar-refractivity contribution in [2.45, 2.75) is 19.9 Å². The molecule has 3 N–H and O–H groups in total. The predicted octanol–water partition coefficient (Wildman–Crippen LogP) is 3.20. The molecule has 0 atom stereocenters. The molecular weight excluding hydrogens is 511 g/mol. The van der Waals surface area contributed by atoms with Crippen LogP contribution in [0.1, 0.15) is 18.1 Å². The van der Waals surface area contributed by atoms with E-state index in [1.165, 1.54) is 5.56 Å². The fraction of sp³-hybridized carbons (Fsp3) is 0.364. The molecule has 0 radical (unpaired) electrons. The van der Waals surface area contributed by atoms with Crippen molar-refractivity contribution in [1.29, 1.82) is 0 Å². The van der Waals surface area contributed by atoms with Crippen LogP contribution in [0.5, 0.6) is 17.2 Å². The number of halogens is 1. The molecule has 0 aromatic heterocycles. The first kappa shape index (κ1) is 26.3. The number of methoxy groups -OCH3 is 3. The molecule has 31 heavy (non-hydrogen) atoms. The summed E-state index contributed by atoms with van der Waals surface area (Å²) in [4.78, 5) is 16.4. The van der Waals surface area contributed by atoms with Crippen molar-refractivity contribution in [2.24, 2.45) is 4.99 Å². The van der Waals surface area contributed by atoms with Crippen molar-refractivity contribution in [3.05, 3.63) is 47.5 Å². The molecule has 0 aliphatic heterocycles. The Balaban J connectivity index is 0.00000480. The number of anilines is 1. The molecule has 170 valence electrons. The van der Waals surface area contributed by atoms with Crippen molar-refractivity contribution in [3.63, 3.8) is 0 Å². The first-order valence-corrected chi connectivity index (χ1v) is 9.66. The van der Waals surface area contributed by atoms with E-state index >= 15 is 0 Å². The van der Waals surface area contributed by atoms with Gasteiger partial charge < -0.3 is 30.2 Å². The lowest BCUT2D eigenvalue weighted by molar-refractivity contribution is -0.115. The number of guanidine groups is 1. The van der Waals surface area contributed by atoms with Gasteiger partial charge in [-0.25, -0.2) is 0 Å². The largest absolute Gasteiger partial charge is 0.493 e. The zero-order valence-corrected chi connectivity index (χ0v) is 20.9. The predicted molar refractivity (Wildman–Crippen MR) is 134 cm³/mol. The lowest BCUT2D eigenvalue weighted by Gasteiger charge is -2.16. The molecule has 0 saturated heterocycles.